The zero-order valence-corrected chi connectivity index (χ0v) is 14.5. The van der Waals surface area contributed by atoms with E-state index in [9.17, 15) is 14.9 Å². The first-order valence-corrected chi connectivity index (χ1v) is 8.02. The van der Waals surface area contributed by atoms with Crippen molar-refractivity contribution in [1.82, 2.24) is 0 Å². The number of esters is 2. The average Bonchev–Trinajstić information content (AvgIpc) is 2.56. The number of nitrogens with zero attached hydrogens (tertiary/aromatic N) is 1. The second-order valence-corrected chi connectivity index (χ2v) is 5.56. The first-order valence-electron chi connectivity index (χ1n) is 7.64. The normalized spacial score (nSPS) is 17.0. The molecule has 1 aliphatic rings. The third kappa shape index (κ3) is 3.69. The molecule has 1 heterocycles. The molecule has 0 bridgehead atoms. The van der Waals surface area contributed by atoms with Crippen molar-refractivity contribution in [2.45, 2.75) is 19.8 Å². The predicted octanol–water partition coefficient (Wildman–Crippen LogP) is 2.25. The first kappa shape index (κ1) is 18.6. The Morgan fingerprint density at radius 3 is 2.64 bits per heavy atom. The van der Waals surface area contributed by atoms with Crippen LogP contribution in [-0.4, -0.2) is 25.2 Å². The molecule has 1 aromatic rings. The summed E-state index contributed by atoms with van der Waals surface area (Å²) in [7, 11) is 0. The second-order valence-electron chi connectivity index (χ2n) is 5.12. The summed E-state index contributed by atoms with van der Waals surface area (Å²) >= 11 is 6.04. The number of hydrogen-bond acceptors (Lipinski definition) is 7. The second kappa shape index (κ2) is 7.90. The number of nitriles is 1. The third-order valence-corrected chi connectivity index (χ3v) is 3.85. The van der Waals surface area contributed by atoms with E-state index < -0.39 is 23.8 Å². The van der Waals surface area contributed by atoms with Crippen molar-refractivity contribution in [3.8, 4) is 11.8 Å². The Kier molecular flexibility index (Phi) is 5.88. The number of carbonyl (C=O) groups is 2. The van der Waals surface area contributed by atoms with Gasteiger partial charge in [-0.05, 0) is 32.0 Å². The molecule has 2 atom stereocenters. The topological polar surface area (TPSA) is 112 Å². The van der Waals surface area contributed by atoms with Crippen LogP contribution in [0.4, 0.5) is 0 Å². The van der Waals surface area contributed by atoms with Gasteiger partial charge in [0.1, 0.15) is 11.3 Å². The van der Waals surface area contributed by atoms with Crippen LogP contribution in [0.5, 0.6) is 5.75 Å². The Bertz CT molecular complexity index is 769. The molecular weight excluding hydrogens is 348 g/mol. The van der Waals surface area contributed by atoms with E-state index in [2.05, 4.69) is 0 Å². The molecule has 132 valence electrons. The molecule has 1 aromatic carbocycles. The van der Waals surface area contributed by atoms with E-state index in [4.69, 9.17) is 31.5 Å². The van der Waals surface area contributed by atoms with Gasteiger partial charge in [-0.25, -0.2) is 4.79 Å². The lowest BCUT2D eigenvalue weighted by Gasteiger charge is -2.29. The Labute approximate surface area is 149 Å². The lowest BCUT2D eigenvalue weighted by atomic mass is 9.79. The molecule has 0 aromatic heterocycles. The summed E-state index contributed by atoms with van der Waals surface area (Å²) in [5.41, 5.74) is 6.17. The highest BCUT2D eigenvalue weighted by atomic mass is 35.5. The maximum atomic E-state index is 12.4. The van der Waals surface area contributed by atoms with E-state index in [1.807, 2.05) is 6.07 Å². The van der Waals surface area contributed by atoms with E-state index in [-0.39, 0.29) is 24.7 Å². The summed E-state index contributed by atoms with van der Waals surface area (Å²) in [5.74, 6) is -3.76. The fourth-order valence-corrected chi connectivity index (χ4v) is 2.80. The molecule has 25 heavy (non-hydrogen) atoms. The van der Waals surface area contributed by atoms with Crippen molar-refractivity contribution in [2.24, 2.45) is 11.7 Å². The van der Waals surface area contributed by atoms with Crippen molar-refractivity contribution in [3.63, 3.8) is 0 Å². The van der Waals surface area contributed by atoms with Crippen LogP contribution in [0, 0.1) is 17.2 Å². The van der Waals surface area contributed by atoms with Crippen molar-refractivity contribution in [3.05, 3.63) is 40.2 Å². The van der Waals surface area contributed by atoms with Crippen LogP contribution in [0.1, 0.15) is 25.3 Å². The van der Waals surface area contributed by atoms with Gasteiger partial charge in [-0.2, -0.15) is 5.26 Å². The van der Waals surface area contributed by atoms with Gasteiger partial charge in [0.2, 0.25) is 5.88 Å². The average molecular weight is 365 g/mol. The van der Waals surface area contributed by atoms with Crippen LogP contribution in [0.15, 0.2) is 29.7 Å². The van der Waals surface area contributed by atoms with Gasteiger partial charge in [-0.3, -0.25) is 4.79 Å². The smallest absolute Gasteiger partial charge is 0.340 e. The van der Waals surface area contributed by atoms with Gasteiger partial charge in [-0.1, -0.05) is 11.6 Å². The van der Waals surface area contributed by atoms with Crippen LogP contribution in [0.25, 0.3) is 0 Å². The van der Waals surface area contributed by atoms with Gasteiger partial charge in [0.05, 0.1) is 25.2 Å². The fraction of sp³-hybridized carbons (Fsp3) is 0.353. The highest BCUT2D eigenvalue weighted by Crippen LogP contribution is 2.44. The van der Waals surface area contributed by atoms with Crippen molar-refractivity contribution in [2.75, 3.05) is 13.2 Å². The minimum Gasteiger partial charge on any atom is -0.465 e. The number of nitrogens with two attached hydrogens (primary N) is 1. The highest BCUT2D eigenvalue weighted by molar-refractivity contribution is 6.30. The molecule has 0 aliphatic carbocycles. The third-order valence-electron chi connectivity index (χ3n) is 3.61. The van der Waals surface area contributed by atoms with Gasteiger partial charge in [0, 0.05) is 10.6 Å². The highest BCUT2D eigenvalue weighted by Gasteiger charge is 2.43. The summed E-state index contributed by atoms with van der Waals surface area (Å²) in [4.78, 5) is 24.6. The van der Waals surface area contributed by atoms with E-state index >= 15 is 0 Å². The lowest BCUT2D eigenvalue weighted by molar-refractivity contribution is -0.146. The molecule has 2 rings (SSSR count). The zero-order valence-electron chi connectivity index (χ0n) is 13.7. The fourth-order valence-electron chi connectivity index (χ4n) is 2.62. The molecule has 0 radical (unpaired) electrons. The summed E-state index contributed by atoms with van der Waals surface area (Å²) in [6.07, 6.45) is 0. The number of hydrogen-bond donors (Lipinski definition) is 1. The number of fused-ring (bicyclic) bond motifs is 1. The van der Waals surface area contributed by atoms with E-state index in [0.717, 1.165) is 0 Å². The van der Waals surface area contributed by atoms with Gasteiger partial charge < -0.3 is 19.9 Å². The molecule has 0 saturated heterocycles. The van der Waals surface area contributed by atoms with Crippen molar-refractivity contribution >= 4 is 23.5 Å². The molecule has 2 N–H and O–H groups in total. The molecule has 0 saturated carbocycles. The Morgan fingerprint density at radius 2 is 2.04 bits per heavy atom. The Balaban J connectivity index is 2.63. The quantitative estimate of drug-likeness (QED) is 0.797. The molecule has 0 fully saturated rings. The molecule has 0 spiro atoms. The van der Waals surface area contributed by atoms with Crippen LogP contribution in [0.2, 0.25) is 5.02 Å². The number of benzene rings is 1. The summed E-state index contributed by atoms with van der Waals surface area (Å²) in [5, 5.41) is 9.90. The maximum Gasteiger partial charge on any atom is 0.340 e. The molecule has 0 amide bonds. The lowest BCUT2D eigenvalue weighted by Crippen LogP contribution is -2.33. The number of carbonyl (C=O) groups excluding carboxylic acids is 2. The van der Waals surface area contributed by atoms with Crippen molar-refractivity contribution in [1.29, 1.82) is 5.26 Å². The van der Waals surface area contributed by atoms with Gasteiger partial charge in [0.25, 0.3) is 0 Å². The molecular formula is C17H17ClN2O5. The van der Waals surface area contributed by atoms with E-state index in [1.165, 1.54) is 6.07 Å². The van der Waals surface area contributed by atoms with Crippen molar-refractivity contribution < 1.29 is 23.8 Å². The maximum absolute atomic E-state index is 12.4. The summed E-state index contributed by atoms with van der Waals surface area (Å²) in [6, 6.07) is 6.55. The Hall–Kier alpha value is -2.72. The van der Waals surface area contributed by atoms with Crippen LogP contribution >= 0.6 is 11.6 Å². The number of rotatable bonds is 5. The van der Waals surface area contributed by atoms with Crippen LogP contribution < -0.4 is 10.5 Å². The van der Waals surface area contributed by atoms with E-state index in [0.29, 0.717) is 16.3 Å². The van der Waals surface area contributed by atoms with E-state index in [1.54, 1.807) is 26.0 Å². The minimum absolute atomic E-state index is 0.0938. The SMILES string of the molecule is CCOC(=O)C1=C(N)Oc2ccc(Cl)cc2C1C(C#N)C(=O)OCC. The van der Waals surface area contributed by atoms with Crippen LogP contribution in [-0.2, 0) is 19.1 Å². The largest absolute Gasteiger partial charge is 0.465 e. The van der Waals surface area contributed by atoms with Gasteiger partial charge in [-0.15, -0.1) is 0 Å². The van der Waals surface area contributed by atoms with Gasteiger partial charge in [0.15, 0.2) is 5.92 Å². The molecule has 7 nitrogen and oxygen atoms in total. The zero-order chi connectivity index (χ0) is 18.6. The molecule has 1 aliphatic heterocycles. The number of ether oxygens (including phenoxy) is 3. The summed E-state index contributed by atoms with van der Waals surface area (Å²) in [6.45, 7) is 3.45. The predicted molar refractivity (Wildman–Crippen MR) is 88.4 cm³/mol. The molecule has 2 unspecified atom stereocenters. The summed E-state index contributed by atoms with van der Waals surface area (Å²) < 4.78 is 15.4. The van der Waals surface area contributed by atoms with Crippen LogP contribution in [0.3, 0.4) is 0 Å². The monoisotopic (exact) mass is 364 g/mol. The standard InChI is InChI=1S/C17H17ClN2O5/c1-3-23-16(21)11(8-19)13-10-7-9(18)5-6-12(10)25-15(20)14(13)17(22)24-4-2/h5-7,11,13H,3-4,20H2,1-2H3. The number of halogens is 1. The van der Waals surface area contributed by atoms with Gasteiger partial charge >= 0.3 is 11.9 Å². The Morgan fingerprint density at radius 1 is 1.36 bits per heavy atom. The first-order chi connectivity index (χ1) is 11.9. The minimum atomic E-state index is -1.31. The molecule has 8 heteroatoms.